The van der Waals surface area contributed by atoms with E-state index in [1.807, 2.05) is 0 Å². The first-order valence-corrected chi connectivity index (χ1v) is 6.91. The van der Waals surface area contributed by atoms with Crippen molar-refractivity contribution in [2.75, 3.05) is 23.3 Å². The predicted molar refractivity (Wildman–Crippen MR) is 78.3 cm³/mol. The maximum Gasteiger partial charge on any atom is 0.337 e. The molecule has 0 unspecified atom stereocenters. The van der Waals surface area contributed by atoms with E-state index in [0.29, 0.717) is 11.4 Å². The Kier molecular flexibility index (Phi) is 4.77. The van der Waals surface area contributed by atoms with Crippen molar-refractivity contribution in [3.05, 3.63) is 23.8 Å². The van der Waals surface area contributed by atoms with Crippen LogP contribution in [-0.4, -0.2) is 30.1 Å². The number of nitrogens with zero attached hydrogens (tertiary/aromatic N) is 2. The van der Waals surface area contributed by atoms with Gasteiger partial charge in [0, 0.05) is 18.8 Å². The lowest BCUT2D eigenvalue weighted by molar-refractivity contribution is -0.115. The number of carboxylic acids is 1. The van der Waals surface area contributed by atoms with Gasteiger partial charge >= 0.3 is 5.97 Å². The van der Waals surface area contributed by atoms with Crippen LogP contribution in [0.3, 0.4) is 0 Å². The van der Waals surface area contributed by atoms with Crippen LogP contribution >= 0.6 is 0 Å². The lowest BCUT2D eigenvalue weighted by atomic mass is 10.1. The molecule has 1 aliphatic rings. The molecule has 2 N–H and O–H groups in total. The second-order valence-electron chi connectivity index (χ2n) is 4.97. The lowest BCUT2D eigenvalue weighted by Crippen LogP contribution is -2.30. The molecule has 1 aromatic rings. The van der Waals surface area contributed by atoms with Gasteiger partial charge in [0.25, 0.3) is 0 Å². The number of nitriles is 1. The van der Waals surface area contributed by atoms with Crippen molar-refractivity contribution in [3.8, 4) is 6.07 Å². The van der Waals surface area contributed by atoms with Crippen molar-refractivity contribution in [1.29, 1.82) is 5.26 Å². The molecule has 1 aliphatic heterocycles. The third kappa shape index (κ3) is 3.72. The molecule has 1 amide bonds. The normalized spacial score (nSPS) is 14.3. The summed E-state index contributed by atoms with van der Waals surface area (Å²) in [4.78, 5) is 24.9. The molecule has 110 valence electrons. The molecule has 1 heterocycles. The summed E-state index contributed by atoms with van der Waals surface area (Å²) in [6, 6.07) is 6.59. The number of aromatic carboxylic acids is 1. The Balaban J connectivity index is 2.24. The van der Waals surface area contributed by atoms with Gasteiger partial charge in [0.15, 0.2) is 0 Å². The highest BCUT2D eigenvalue weighted by Crippen LogP contribution is 2.27. The first kappa shape index (κ1) is 14.9. The van der Waals surface area contributed by atoms with Gasteiger partial charge in [-0.05, 0) is 37.5 Å². The van der Waals surface area contributed by atoms with Crippen molar-refractivity contribution in [1.82, 2.24) is 0 Å². The minimum absolute atomic E-state index is 0.173. The van der Waals surface area contributed by atoms with Gasteiger partial charge in [-0.3, -0.25) is 4.79 Å². The van der Waals surface area contributed by atoms with Crippen LogP contribution in [0.15, 0.2) is 18.2 Å². The fraction of sp³-hybridized carbons (Fsp3) is 0.400. The molecule has 1 aromatic carbocycles. The summed E-state index contributed by atoms with van der Waals surface area (Å²) in [7, 11) is 0. The second-order valence-corrected chi connectivity index (χ2v) is 4.97. The van der Waals surface area contributed by atoms with Gasteiger partial charge in [-0.15, -0.1) is 0 Å². The molecular weight excluding hydrogens is 270 g/mol. The van der Waals surface area contributed by atoms with Crippen LogP contribution in [0, 0.1) is 11.3 Å². The van der Waals surface area contributed by atoms with E-state index in [0.717, 1.165) is 25.9 Å². The maximum atomic E-state index is 11.4. The van der Waals surface area contributed by atoms with E-state index in [-0.39, 0.29) is 12.0 Å². The summed E-state index contributed by atoms with van der Waals surface area (Å²) in [5.41, 5.74) is 1.25. The summed E-state index contributed by atoms with van der Waals surface area (Å²) < 4.78 is 0. The van der Waals surface area contributed by atoms with Gasteiger partial charge in [0.1, 0.15) is 6.42 Å². The number of rotatable bonds is 4. The summed E-state index contributed by atoms with van der Waals surface area (Å²) >= 11 is 0. The zero-order valence-corrected chi connectivity index (χ0v) is 11.6. The summed E-state index contributed by atoms with van der Waals surface area (Å²) in [6.45, 7) is 1.70. The minimum atomic E-state index is -1.02. The Morgan fingerprint density at radius 1 is 1.29 bits per heavy atom. The highest BCUT2D eigenvalue weighted by molar-refractivity contribution is 5.98. The van der Waals surface area contributed by atoms with E-state index < -0.39 is 11.9 Å². The number of amides is 1. The third-order valence-electron chi connectivity index (χ3n) is 3.45. The first-order valence-electron chi connectivity index (χ1n) is 6.91. The molecule has 0 bridgehead atoms. The van der Waals surface area contributed by atoms with Gasteiger partial charge in [-0.25, -0.2) is 4.79 Å². The average molecular weight is 287 g/mol. The van der Waals surface area contributed by atoms with E-state index in [9.17, 15) is 14.7 Å². The molecule has 0 aromatic heterocycles. The Morgan fingerprint density at radius 3 is 2.62 bits per heavy atom. The van der Waals surface area contributed by atoms with E-state index in [1.54, 1.807) is 18.2 Å². The Labute approximate surface area is 123 Å². The van der Waals surface area contributed by atoms with Crippen molar-refractivity contribution in [2.45, 2.75) is 25.7 Å². The monoisotopic (exact) mass is 287 g/mol. The topological polar surface area (TPSA) is 93.4 Å². The number of carbonyl (C=O) groups excluding carboxylic acids is 1. The van der Waals surface area contributed by atoms with E-state index in [4.69, 9.17) is 5.26 Å². The standard InChI is InChI=1S/C15H17N3O3/c16-7-6-14(19)17-11-4-5-13(12(10-11)15(20)21)18-8-2-1-3-9-18/h4-5,10H,1-3,6,8-9H2,(H,17,19)(H,20,21). The predicted octanol–water partition coefficient (Wildman–Crippen LogP) is 2.23. The molecule has 0 aliphatic carbocycles. The van der Waals surface area contributed by atoms with Crippen molar-refractivity contribution in [3.63, 3.8) is 0 Å². The number of hydrogen-bond acceptors (Lipinski definition) is 4. The number of anilines is 2. The Hall–Kier alpha value is -2.55. The Morgan fingerprint density at radius 2 is 2.00 bits per heavy atom. The maximum absolute atomic E-state index is 11.4. The highest BCUT2D eigenvalue weighted by atomic mass is 16.4. The van der Waals surface area contributed by atoms with Crippen molar-refractivity contribution >= 4 is 23.3 Å². The third-order valence-corrected chi connectivity index (χ3v) is 3.45. The van der Waals surface area contributed by atoms with E-state index in [2.05, 4.69) is 10.2 Å². The van der Waals surface area contributed by atoms with Gasteiger partial charge in [0.2, 0.25) is 5.91 Å². The number of carboxylic acid groups (broad SMARTS) is 1. The molecule has 0 atom stereocenters. The van der Waals surface area contributed by atoms with Crippen LogP contribution in [0.2, 0.25) is 0 Å². The van der Waals surface area contributed by atoms with Crippen LogP contribution in [0.25, 0.3) is 0 Å². The molecule has 2 rings (SSSR count). The Bertz CT molecular complexity index is 586. The average Bonchev–Trinajstić information content (AvgIpc) is 2.48. The van der Waals surface area contributed by atoms with E-state index >= 15 is 0 Å². The molecule has 0 spiro atoms. The number of piperidine rings is 1. The molecular formula is C15H17N3O3. The zero-order valence-electron chi connectivity index (χ0n) is 11.6. The van der Waals surface area contributed by atoms with Crippen LogP contribution in [0.5, 0.6) is 0 Å². The fourth-order valence-corrected chi connectivity index (χ4v) is 2.47. The number of carbonyl (C=O) groups is 2. The molecule has 6 nitrogen and oxygen atoms in total. The SMILES string of the molecule is N#CCC(=O)Nc1ccc(N2CCCCC2)c(C(=O)O)c1. The molecule has 0 radical (unpaired) electrons. The molecule has 1 fully saturated rings. The molecule has 1 saturated heterocycles. The van der Waals surface area contributed by atoms with E-state index in [1.165, 1.54) is 12.5 Å². The van der Waals surface area contributed by atoms with Crippen molar-refractivity contribution in [2.24, 2.45) is 0 Å². The molecule has 21 heavy (non-hydrogen) atoms. The summed E-state index contributed by atoms with van der Waals surface area (Å²) in [6.07, 6.45) is 3.02. The highest BCUT2D eigenvalue weighted by Gasteiger charge is 2.19. The minimum Gasteiger partial charge on any atom is -0.478 e. The molecule has 6 heteroatoms. The quantitative estimate of drug-likeness (QED) is 0.885. The summed E-state index contributed by atoms with van der Waals surface area (Å²) in [5, 5.41) is 20.4. The number of hydrogen-bond donors (Lipinski definition) is 2. The zero-order chi connectivity index (χ0) is 15.2. The molecule has 0 saturated carbocycles. The van der Waals surface area contributed by atoms with Crippen LogP contribution in [0.4, 0.5) is 11.4 Å². The second kappa shape index (κ2) is 6.75. The first-order chi connectivity index (χ1) is 10.1. The number of nitrogens with one attached hydrogen (secondary N) is 1. The van der Waals surface area contributed by atoms with Crippen LogP contribution in [0.1, 0.15) is 36.0 Å². The largest absolute Gasteiger partial charge is 0.478 e. The summed E-state index contributed by atoms with van der Waals surface area (Å²) in [5.74, 6) is -1.47. The fourth-order valence-electron chi connectivity index (χ4n) is 2.47. The van der Waals surface area contributed by atoms with Gasteiger partial charge < -0.3 is 15.3 Å². The van der Waals surface area contributed by atoms with Gasteiger partial charge in [-0.2, -0.15) is 5.26 Å². The number of benzene rings is 1. The van der Waals surface area contributed by atoms with Crippen LogP contribution < -0.4 is 10.2 Å². The van der Waals surface area contributed by atoms with Crippen LogP contribution in [-0.2, 0) is 4.79 Å². The smallest absolute Gasteiger partial charge is 0.337 e. The van der Waals surface area contributed by atoms with Crippen molar-refractivity contribution < 1.29 is 14.7 Å². The van der Waals surface area contributed by atoms with Gasteiger partial charge in [0.05, 0.1) is 17.3 Å². The van der Waals surface area contributed by atoms with Gasteiger partial charge in [-0.1, -0.05) is 0 Å². The lowest BCUT2D eigenvalue weighted by Gasteiger charge is -2.30.